The molecule has 0 saturated carbocycles. The van der Waals surface area contributed by atoms with Crippen LogP contribution in [0.3, 0.4) is 0 Å². The zero-order chi connectivity index (χ0) is 21.2. The minimum absolute atomic E-state index is 0.0766. The molecule has 152 valence electrons. The Hall–Kier alpha value is -3.56. The van der Waals surface area contributed by atoms with Gasteiger partial charge in [-0.2, -0.15) is 13.2 Å². The van der Waals surface area contributed by atoms with Crippen molar-refractivity contribution in [2.75, 3.05) is 10.6 Å². The van der Waals surface area contributed by atoms with Gasteiger partial charge in [0.2, 0.25) is 5.91 Å². The summed E-state index contributed by atoms with van der Waals surface area (Å²) in [6.07, 6.45) is -2.49. The molecule has 29 heavy (non-hydrogen) atoms. The molecule has 0 unspecified atom stereocenters. The van der Waals surface area contributed by atoms with Crippen LogP contribution in [0.5, 0.6) is 0 Å². The van der Waals surface area contributed by atoms with Crippen LogP contribution in [0.1, 0.15) is 32.9 Å². The molecule has 0 bridgehead atoms. The summed E-state index contributed by atoms with van der Waals surface area (Å²) in [6.45, 7) is 3.25. The third-order valence-electron chi connectivity index (χ3n) is 4.16. The Morgan fingerprint density at radius 3 is 2.48 bits per heavy atom. The second kappa shape index (κ2) is 7.82. The standard InChI is InChI=1S/C19H16F3N3O4/c1-10-14(11(2)29-25-10)8-17(26)24-16-4-3-13(7-15(16)19(20,21)22)23-18(27)12-5-6-28-9-12/h3-7,9H,8H2,1-2H3,(H,23,27)(H,24,26). The van der Waals surface area contributed by atoms with Gasteiger partial charge in [-0.15, -0.1) is 0 Å². The van der Waals surface area contributed by atoms with E-state index in [2.05, 4.69) is 15.8 Å². The average molecular weight is 407 g/mol. The molecule has 0 saturated heterocycles. The summed E-state index contributed by atoms with van der Waals surface area (Å²) in [5, 5.41) is 8.33. The number of carbonyl (C=O) groups is 2. The van der Waals surface area contributed by atoms with Crippen molar-refractivity contribution in [2.24, 2.45) is 0 Å². The Balaban J connectivity index is 1.81. The minimum Gasteiger partial charge on any atom is -0.472 e. The summed E-state index contributed by atoms with van der Waals surface area (Å²) in [6, 6.07) is 4.48. The van der Waals surface area contributed by atoms with Crippen LogP contribution >= 0.6 is 0 Å². The van der Waals surface area contributed by atoms with Gasteiger partial charge < -0.3 is 19.6 Å². The van der Waals surface area contributed by atoms with Gasteiger partial charge in [-0.1, -0.05) is 5.16 Å². The normalized spacial score (nSPS) is 11.3. The Bertz CT molecular complexity index is 1020. The van der Waals surface area contributed by atoms with Crippen LogP contribution < -0.4 is 10.6 Å². The summed E-state index contributed by atoms with van der Waals surface area (Å²) in [4.78, 5) is 24.3. The molecule has 2 aromatic heterocycles. The van der Waals surface area contributed by atoms with Crippen LogP contribution in [0.15, 0.2) is 45.7 Å². The number of carbonyl (C=O) groups excluding carboxylic acids is 2. The van der Waals surface area contributed by atoms with E-state index in [1.165, 1.54) is 24.7 Å². The van der Waals surface area contributed by atoms with Gasteiger partial charge in [-0.25, -0.2) is 0 Å². The van der Waals surface area contributed by atoms with Gasteiger partial charge in [0.15, 0.2) is 0 Å². The topological polar surface area (TPSA) is 97.4 Å². The number of halogens is 3. The molecule has 10 heteroatoms. The SMILES string of the molecule is Cc1noc(C)c1CC(=O)Nc1ccc(NC(=O)c2ccoc2)cc1C(F)(F)F. The number of furan rings is 1. The van der Waals surface area contributed by atoms with Gasteiger partial charge in [0.25, 0.3) is 5.91 Å². The van der Waals surface area contributed by atoms with Crippen LogP contribution in [0.4, 0.5) is 24.5 Å². The smallest absolute Gasteiger partial charge is 0.418 e. The van der Waals surface area contributed by atoms with Crippen LogP contribution in [-0.4, -0.2) is 17.0 Å². The van der Waals surface area contributed by atoms with Crippen molar-refractivity contribution in [3.63, 3.8) is 0 Å². The van der Waals surface area contributed by atoms with E-state index in [4.69, 9.17) is 8.94 Å². The Kier molecular flexibility index (Phi) is 5.44. The fourth-order valence-corrected chi connectivity index (χ4v) is 2.67. The van der Waals surface area contributed by atoms with Crippen molar-refractivity contribution in [3.8, 4) is 0 Å². The van der Waals surface area contributed by atoms with Crippen molar-refractivity contribution in [1.82, 2.24) is 5.16 Å². The number of amides is 2. The summed E-state index contributed by atoms with van der Waals surface area (Å²) in [5.41, 5.74) is -0.418. The molecule has 1 aromatic carbocycles. The highest BCUT2D eigenvalue weighted by Crippen LogP contribution is 2.37. The van der Waals surface area contributed by atoms with Gasteiger partial charge in [0.05, 0.1) is 35.2 Å². The Morgan fingerprint density at radius 1 is 1.14 bits per heavy atom. The van der Waals surface area contributed by atoms with E-state index in [0.29, 0.717) is 17.0 Å². The predicted octanol–water partition coefficient (Wildman–Crippen LogP) is 4.34. The molecule has 3 rings (SSSR count). The van der Waals surface area contributed by atoms with E-state index in [1.807, 2.05) is 0 Å². The highest BCUT2D eigenvalue weighted by Gasteiger charge is 2.34. The van der Waals surface area contributed by atoms with Crippen molar-refractivity contribution in [1.29, 1.82) is 0 Å². The number of aryl methyl sites for hydroxylation is 2. The van der Waals surface area contributed by atoms with Crippen molar-refractivity contribution in [3.05, 3.63) is 64.9 Å². The van der Waals surface area contributed by atoms with E-state index in [0.717, 1.165) is 12.1 Å². The number of nitrogens with zero attached hydrogens (tertiary/aromatic N) is 1. The lowest BCUT2D eigenvalue weighted by Crippen LogP contribution is -2.19. The van der Waals surface area contributed by atoms with Crippen LogP contribution in [0, 0.1) is 13.8 Å². The number of rotatable bonds is 5. The maximum absolute atomic E-state index is 13.5. The number of aromatic nitrogens is 1. The monoisotopic (exact) mass is 407 g/mol. The minimum atomic E-state index is -4.75. The number of benzene rings is 1. The first kappa shape index (κ1) is 20.2. The molecule has 0 spiro atoms. The lowest BCUT2D eigenvalue weighted by molar-refractivity contribution is -0.136. The Morgan fingerprint density at radius 2 is 1.90 bits per heavy atom. The zero-order valence-electron chi connectivity index (χ0n) is 15.4. The maximum atomic E-state index is 13.5. The molecule has 0 aliphatic rings. The van der Waals surface area contributed by atoms with Gasteiger partial charge >= 0.3 is 6.18 Å². The highest BCUT2D eigenvalue weighted by molar-refractivity contribution is 6.04. The summed E-state index contributed by atoms with van der Waals surface area (Å²) >= 11 is 0. The van der Waals surface area contributed by atoms with Gasteiger partial charge in [0.1, 0.15) is 12.0 Å². The van der Waals surface area contributed by atoms with E-state index < -0.39 is 29.2 Å². The van der Waals surface area contributed by atoms with Crippen molar-refractivity contribution >= 4 is 23.2 Å². The van der Waals surface area contributed by atoms with E-state index in [-0.39, 0.29) is 17.7 Å². The molecule has 2 N–H and O–H groups in total. The van der Waals surface area contributed by atoms with Crippen LogP contribution in [0.2, 0.25) is 0 Å². The second-order valence-corrected chi connectivity index (χ2v) is 6.25. The quantitative estimate of drug-likeness (QED) is 0.656. The summed E-state index contributed by atoms with van der Waals surface area (Å²) < 4.78 is 50.2. The first-order valence-electron chi connectivity index (χ1n) is 8.41. The molecule has 0 atom stereocenters. The first-order chi connectivity index (χ1) is 13.6. The van der Waals surface area contributed by atoms with E-state index in [9.17, 15) is 22.8 Å². The second-order valence-electron chi connectivity index (χ2n) is 6.25. The third kappa shape index (κ3) is 4.65. The summed E-state index contributed by atoms with van der Waals surface area (Å²) in [7, 11) is 0. The molecule has 0 aliphatic carbocycles. The van der Waals surface area contributed by atoms with Crippen molar-refractivity contribution in [2.45, 2.75) is 26.4 Å². The molecular formula is C19H16F3N3O4. The van der Waals surface area contributed by atoms with E-state index in [1.54, 1.807) is 13.8 Å². The third-order valence-corrected chi connectivity index (χ3v) is 4.16. The van der Waals surface area contributed by atoms with Crippen LogP contribution in [-0.2, 0) is 17.4 Å². The Labute approximate surface area is 162 Å². The highest BCUT2D eigenvalue weighted by atomic mass is 19.4. The average Bonchev–Trinajstić information content (AvgIpc) is 3.28. The molecule has 3 aromatic rings. The lowest BCUT2D eigenvalue weighted by Gasteiger charge is -2.16. The molecule has 2 heterocycles. The molecule has 0 fully saturated rings. The number of nitrogens with one attached hydrogen (secondary N) is 2. The van der Waals surface area contributed by atoms with Crippen LogP contribution in [0.25, 0.3) is 0 Å². The molecule has 0 radical (unpaired) electrons. The zero-order valence-corrected chi connectivity index (χ0v) is 15.4. The molecule has 0 aliphatic heterocycles. The number of hydrogen-bond acceptors (Lipinski definition) is 5. The van der Waals surface area contributed by atoms with Crippen molar-refractivity contribution < 1.29 is 31.7 Å². The molecular weight excluding hydrogens is 391 g/mol. The number of hydrogen-bond donors (Lipinski definition) is 2. The summed E-state index contributed by atoms with van der Waals surface area (Å²) in [5.74, 6) is -0.854. The number of anilines is 2. The van der Waals surface area contributed by atoms with Gasteiger partial charge in [-0.05, 0) is 38.1 Å². The first-order valence-corrected chi connectivity index (χ1v) is 8.41. The maximum Gasteiger partial charge on any atom is 0.418 e. The fraction of sp³-hybridized carbons (Fsp3) is 0.211. The fourth-order valence-electron chi connectivity index (χ4n) is 2.67. The van der Waals surface area contributed by atoms with E-state index >= 15 is 0 Å². The van der Waals surface area contributed by atoms with Gasteiger partial charge in [-0.3, -0.25) is 9.59 Å². The molecule has 7 nitrogen and oxygen atoms in total. The predicted molar refractivity (Wildman–Crippen MR) is 96.4 cm³/mol. The van der Waals surface area contributed by atoms with Gasteiger partial charge in [0, 0.05) is 11.3 Å². The number of alkyl halides is 3. The lowest BCUT2D eigenvalue weighted by atomic mass is 10.1. The molecule has 2 amide bonds. The largest absolute Gasteiger partial charge is 0.472 e.